The average molecular weight is 361 g/mol. The zero-order valence-corrected chi connectivity index (χ0v) is 15.0. The van der Waals surface area contributed by atoms with Gasteiger partial charge in [0.1, 0.15) is 5.75 Å². The maximum atomic E-state index is 11.5. The number of nitrogens with one attached hydrogen (secondary N) is 1. The number of nitrogens with zero attached hydrogens (tertiary/aromatic N) is 1. The molecule has 5 nitrogen and oxygen atoms in total. The number of aryl methyl sites for hydroxylation is 1. The fourth-order valence-corrected chi connectivity index (χ4v) is 2.15. The summed E-state index contributed by atoms with van der Waals surface area (Å²) in [5.41, 5.74) is 2.51. The van der Waals surface area contributed by atoms with Gasteiger partial charge in [0.15, 0.2) is 0 Å². The standard InChI is InChI=1S/C19H21ClN2O3/c1-14(2)22-25-19(23)21-17-9-11-18(12-10-17)24-13-3-4-15-5-7-16(20)8-6-15/h5-12H,3-4,13H2,1-2H3,(H,21,23). The number of benzene rings is 2. The first-order chi connectivity index (χ1) is 12.0. The van der Waals surface area contributed by atoms with Crippen LogP contribution < -0.4 is 10.1 Å². The van der Waals surface area contributed by atoms with Crippen LogP contribution in [0.5, 0.6) is 5.75 Å². The van der Waals surface area contributed by atoms with E-state index < -0.39 is 6.09 Å². The van der Waals surface area contributed by atoms with Crippen LogP contribution in [0.15, 0.2) is 53.7 Å². The van der Waals surface area contributed by atoms with Gasteiger partial charge in [0.25, 0.3) is 0 Å². The van der Waals surface area contributed by atoms with E-state index in [2.05, 4.69) is 15.3 Å². The van der Waals surface area contributed by atoms with Crippen LogP contribution in [0.4, 0.5) is 10.5 Å². The predicted molar refractivity (Wildman–Crippen MR) is 101 cm³/mol. The molecule has 0 fully saturated rings. The highest BCUT2D eigenvalue weighted by Gasteiger charge is 2.03. The number of carbonyl (C=O) groups is 1. The summed E-state index contributed by atoms with van der Waals surface area (Å²) in [6.07, 6.45) is 1.21. The van der Waals surface area contributed by atoms with E-state index >= 15 is 0 Å². The summed E-state index contributed by atoms with van der Waals surface area (Å²) in [6.45, 7) is 4.10. The fourth-order valence-electron chi connectivity index (χ4n) is 2.03. The molecule has 0 atom stereocenters. The smallest absolute Gasteiger partial charge is 0.437 e. The Morgan fingerprint density at radius 2 is 1.76 bits per heavy atom. The second-order valence-electron chi connectivity index (χ2n) is 5.65. The third kappa shape index (κ3) is 7.27. The third-order valence-electron chi connectivity index (χ3n) is 3.20. The second kappa shape index (κ2) is 9.69. The van der Waals surface area contributed by atoms with Gasteiger partial charge in [-0.3, -0.25) is 10.2 Å². The van der Waals surface area contributed by atoms with Gasteiger partial charge in [0.05, 0.1) is 12.3 Å². The summed E-state index contributed by atoms with van der Waals surface area (Å²) in [4.78, 5) is 16.2. The number of anilines is 1. The number of carbonyl (C=O) groups excluding carboxylic acids is 1. The maximum absolute atomic E-state index is 11.5. The van der Waals surface area contributed by atoms with Crippen molar-refractivity contribution in [3.63, 3.8) is 0 Å². The molecule has 0 saturated carbocycles. The van der Waals surface area contributed by atoms with Gasteiger partial charge in [-0.25, -0.2) is 4.79 Å². The maximum Gasteiger partial charge on any atom is 0.437 e. The molecule has 0 aliphatic heterocycles. The van der Waals surface area contributed by atoms with Gasteiger partial charge in [-0.05, 0) is 68.7 Å². The van der Waals surface area contributed by atoms with Crippen molar-refractivity contribution < 1.29 is 14.4 Å². The summed E-state index contributed by atoms with van der Waals surface area (Å²) >= 11 is 5.86. The van der Waals surface area contributed by atoms with Gasteiger partial charge in [-0.2, -0.15) is 0 Å². The van der Waals surface area contributed by atoms with E-state index in [0.717, 1.165) is 23.6 Å². The van der Waals surface area contributed by atoms with E-state index in [1.807, 2.05) is 24.3 Å². The number of halogens is 1. The molecule has 0 unspecified atom stereocenters. The van der Waals surface area contributed by atoms with Crippen LogP contribution in [0.2, 0.25) is 5.02 Å². The second-order valence-corrected chi connectivity index (χ2v) is 6.08. The Morgan fingerprint density at radius 3 is 2.40 bits per heavy atom. The molecule has 0 heterocycles. The van der Waals surface area contributed by atoms with Crippen LogP contribution in [0.25, 0.3) is 0 Å². The Hall–Kier alpha value is -2.53. The van der Waals surface area contributed by atoms with E-state index in [0.29, 0.717) is 18.0 Å². The number of hydrogen-bond acceptors (Lipinski definition) is 4. The normalized spacial score (nSPS) is 10.0. The fraction of sp³-hybridized carbons (Fsp3) is 0.263. The predicted octanol–water partition coefficient (Wildman–Crippen LogP) is 5.30. The van der Waals surface area contributed by atoms with E-state index in [4.69, 9.17) is 16.3 Å². The van der Waals surface area contributed by atoms with Crippen molar-refractivity contribution in [1.29, 1.82) is 0 Å². The number of rotatable bonds is 7. The Bertz CT molecular complexity index is 708. The SMILES string of the molecule is CC(C)=NOC(=O)Nc1ccc(OCCCc2ccc(Cl)cc2)cc1. The van der Waals surface area contributed by atoms with Crippen LogP contribution >= 0.6 is 11.6 Å². The molecule has 0 aliphatic carbocycles. The molecule has 2 aromatic carbocycles. The van der Waals surface area contributed by atoms with E-state index in [1.54, 1.807) is 38.1 Å². The van der Waals surface area contributed by atoms with Crippen molar-refractivity contribution in [2.75, 3.05) is 11.9 Å². The van der Waals surface area contributed by atoms with Gasteiger partial charge >= 0.3 is 6.09 Å². The first kappa shape index (κ1) is 18.8. The number of amides is 1. The molecule has 0 radical (unpaired) electrons. The van der Waals surface area contributed by atoms with E-state index in [-0.39, 0.29) is 0 Å². The molecular formula is C19H21ClN2O3. The number of oxime groups is 1. The molecule has 0 aromatic heterocycles. The van der Waals surface area contributed by atoms with E-state index in [9.17, 15) is 4.79 Å². The van der Waals surface area contributed by atoms with Crippen molar-refractivity contribution in [3.05, 3.63) is 59.1 Å². The quantitative estimate of drug-likeness (QED) is 0.315. The molecule has 0 aliphatic rings. The molecule has 25 heavy (non-hydrogen) atoms. The highest BCUT2D eigenvalue weighted by atomic mass is 35.5. The minimum Gasteiger partial charge on any atom is -0.494 e. The molecule has 0 spiro atoms. The first-order valence-corrected chi connectivity index (χ1v) is 8.37. The third-order valence-corrected chi connectivity index (χ3v) is 3.46. The molecule has 6 heteroatoms. The monoisotopic (exact) mass is 360 g/mol. The Kier molecular flexibility index (Phi) is 7.29. The van der Waals surface area contributed by atoms with Crippen molar-refractivity contribution in [1.82, 2.24) is 0 Å². The molecule has 1 N–H and O–H groups in total. The molecule has 2 aromatic rings. The van der Waals surface area contributed by atoms with Crippen molar-refractivity contribution in [3.8, 4) is 5.75 Å². The number of ether oxygens (including phenoxy) is 1. The Morgan fingerprint density at radius 1 is 1.08 bits per heavy atom. The van der Waals surface area contributed by atoms with Crippen LogP contribution in [0.1, 0.15) is 25.8 Å². The van der Waals surface area contributed by atoms with Crippen LogP contribution in [0.3, 0.4) is 0 Å². The highest BCUT2D eigenvalue weighted by Crippen LogP contribution is 2.17. The molecule has 0 saturated heterocycles. The van der Waals surface area contributed by atoms with E-state index in [1.165, 1.54) is 5.56 Å². The molecule has 1 amide bonds. The zero-order chi connectivity index (χ0) is 18.1. The largest absolute Gasteiger partial charge is 0.494 e. The van der Waals surface area contributed by atoms with Crippen LogP contribution in [-0.2, 0) is 11.3 Å². The van der Waals surface area contributed by atoms with Gasteiger partial charge in [0, 0.05) is 10.7 Å². The lowest BCUT2D eigenvalue weighted by atomic mass is 10.1. The summed E-state index contributed by atoms with van der Waals surface area (Å²) < 4.78 is 5.70. The summed E-state index contributed by atoms with van der Waals surface area (Å²) in [5, 5.41) is 6.92. The minimum absolute atomic E-state index is 0.613. The summed E-state index contributed by atoms with van der Waals surface area (Å²) in [7, 11) is 0. The number of hydrogen-bond donors (Lipinski definition) is 1. The van der Waals surface area contributed by atoms with Crippen molar-refractivity contribution in [2.24, 2.45) is 5.16 Å². The van der Waals surface area contributed by atoms with Crippen LogP contribution in [0, 0.1) is 0 Å². The molecule has 132 valence electrons. The van der Waals surface area contributed by atoms with Crippen LogP contribution in [-0.4, -0.2) is 18.4 Å². The summed E-state index contributed by atoms with van der Waals surface area (Å²) in [5.74, 6) is 0.748. The Labute approximate surface area is 152 Å². The lowest BCUT2D eigenvalue weighted by Crippen LogP contribution is -2.11. The molecule has 0 bridgehead atoms. The van der Waals surface area contributed by atoms with Crippen molar-refractivity contribution in [2.45, 2.75) is 26.7 Å². The minimum atomic E-state index is -0.627. The van der Waals surface area contributed by atoms with Gasteiger partial charge in [0.2, 0.25) is 0 Å². The first-order valence-electron chi connectivity index (χ1n) is 7.99. The highest BCUT2D eigenvalue weighted by molar-refractivity contribution is 6.30. The van der Waals surface area contributed by atoms with Gasteiger partial charge in [-0.15, -0.1) is 0 Å². The zero-order valence-electron chi connectivity index (χ0n) is 14.3. The molecular weight excluding hydrogens is 340 g/mol. The lowest BCUT2D eigenvalue weighted by Gasteiger charge is -2.08. The average Bonchev–Trinajstić information content (AvgIpc) is 2.60. The van der Waals surface area contributed by atoms with Gasteiger partial charge in [-0.1, -0.05) is 28.9 Å². The Balaban J connectivity index is 1.72. The summed E-state index contributed by atoms with van der Waals surface area (Å²) in [6, 6.07) is 14.9. The van der Waals surface area contributed by atoms with Gasteiger partial charge < -0.3 is 4.74 Å². The topological polar surface area (TPSA) is 59.9 Å². The van der Waals surface area contributed by atoms with Crippen molar-refractivity contribution >= 4 is 29.1 Å². The molecule has 2 rings (SSSR count). The lowest BCUT2D eigenvalue weighted by molar-refractivity contribution is 0.166.